The van der Waals surface area contributed by atoms with E-state index in [2.05, 4.69) is 10.3 Å². The highest BCUT2D eigenvalue weighted by Gasteiger charge is 2.34. The van der Waals surface area contributed by atoms with Gasteiger partial charge in [0.05, 0.1) is 11.2 Å². The molecule has 2 aromatic carbocycles. The van der Waals surface area contributed by atoms with Crippen molar-refractivity contribution >= 4 is 10.9 Å². The van der Waals surface area contributed by atoms with Crippen LogP contribution in [0.2, 0.25) is 0 Å². The number of hydrogen-bond acceptors (Lipinski definition) is 3. The summed E-state index contributed by atoms with van der Waals surface area (Å²) in [5, 5.41) is 13.3. The van der Waals surface area contributed by atoms with Gasteiger partial charge >= 0.3 is 0 Å². The van der Waals surface area contributed by atoms with E-state index in [0.29, 0.717) is 23.5 Å². The minimum atomic E-state index is -0.764. The number of aromatic amines is 1. The molecular formula is C22H24F3N3O. The van der Waals surface area contributed by atoms with Gasteiger partial charge in [-0.15, -0.1) is 0 Å². The highest BCUT2D eigenvalue weighted by atomic mass is 19.1. The summed E-state index contributed by atoms with van der Waals surface area (Å²) in [5.41, 5.74) is 8.19. The number of aliphatic hydroxyl groups excluding tert-OH is 1. The van der Waals surface area contributed by atoms with E-state index in [9.17, 15) is 18.3 Å². The monoisotopic (exact) mass is 403 g/mol. The van der Waals surface area contributed by atoms with Crippen LogP contribution < -0.4 is 11.1 Å². The van der Waals surface area contributed by atoms with Crippen molar-refractivity contribution in [2.75, 3.05) is 6.54 Å². The van der Waals surface area contributed by atoms with Crippen molar-refractivity contribution in [2.45, 2.75) is 38.0 Å². The van der Waals surface area contributed by atoms with Crippen LogP contribution in [0.3, 0.4) is 0 Å². The first kappa shape index (κ1) is 19.9. The van der Waals surface area contributed by atoms with Crippen molar-refractivity contribution in [3.63, 3.8) is 0 Å². The Morgan fingerprint density at radius 2 is 1.83 bits per heavy atom. The lowest BCUT2D eigenvalue weighted by atomic mass is 9.70. The summed E-state index contributed by atoms with van der Waals surface area (Å²) in [6.07, 6.45) is 0.871. The van der Waals surface area contributed by atoms with Gasteiger partial charge in [0.25, 0.3) is 0 Å². The Kier molecular flexibility index (Phi) is 5.38. The van der Waals surface area contributed by atoms with Crippen LogP contribution in [-0.4, -0.2) is 28.9 Å². The molecule has 1 saturated carbocycles. The van der Waals surface area contributed by atoms with Gasteiger partial charge in [-0.25, -0.2) is 13.2 Å². The minimum Gasteiger partial charge on any atom is -0.377 e. The molecule has 4 nitrogen and oxygen atoms in total. The van der Waals surface area contributed by atoms with Crippen LogP contribution in [0.15, 0.2) is 36.4 Å². The second-order valence-corrected chi connectivity index (χ2v) is 7.98. The lowest BCUT2D eigenvalue weighted by Crippen LogP contribution is -2.46. The van der Waals surface area contributed by atoms with Crippen LogP contribution >= 0.6 is 0 Å². The summed E-state index contributed by atoms with van der Waals surface area (Å²) in [6, 6.07) is 7.82. The third kappa shape index (κ3) is 3.90. The maximum absolute atomic E-state index is 14.4. The van der Waals surface area contributed by atoms with E-state index in [4.69, 9.17) is 5.73 Å². The largest absolute Gasteiger partial charge is 0.377 e. The van der Waals surface area contributed by atoms with Crippen LogP contribution in [0.5, 0.6) is 0 Å². The summed E-state index contributed by atoms with van der Waals surface area (Å²) < 4.78 is 41.7. The lowest BCUT2D eigenvalue weighted by molar-refractivity contribution is 0.0993. The van der Waals surface area contributed by atoms with Gasteiger partial charge in [-0.05, 0) is 73.1 Å². The Bertz CT molecular complexity index is 1010. The first-order valence-electron chi connectivity index (χ1n) is 9.77. The SMILES string of the molecule is C[C@@H](N)C(O)NC[C@H]1C[C@H](c2c(-c3ccc(F)cc3)[nH]c3c(F)cc(F)cc32)C1. The summed E-state index contributed by atoms with van der Waals surface area (Å²) in [7, 11) is 0. The summed E-state index contributed by atoms with van der Waals surface area (Å²) in [6.45, 7) is 2.35. The average molecular weight is 403 g/mol. The Balaban J connectivity index is 1.64. The average Bonchev–Trinajstić information content (AvgIpc) is 3.00. The van der Waals surface area contributed by atoms with Crippen LogP contribution in [0.4, 0.5) is 13.2 Å². The molecule has 3 aromatic rings. The van der Waals surface area contributed by atoms with E-state index in [0.717, 1.165) is 30.0 Å². The highest BCUT2D eigenvalue weighted by molar-refractivity contribution is 5.92. The number of aromatic nitrogens is 1. The van der Waals surface area contributed by atoms with E-state index < -0.39 is 17.9 Å². The van der Waals surface area contributed by atoms with Crippen LogP contribution in [-0.2, 0) is 0 Å². The number of nitrogens with one attached hydrogen (secondary N) is 2. The number of rotatable bonds is 6. The van der Waals surface area contributed by atoms with Gasteiger partial charge in [-0.3, -0.25) is 5.32 Å². The van der Waals surface area contributed by atoms with Gasteiger partial charge < -0.3 is 15.8 Å². The molecule has 1 heterocycles. The van der Waals surface area contributed by atoms with Gasteiger partial charge in [0.2, 0.25) is 0 Å². The predicted molar refractivity (Wildman–Crippen MR) is 107 cm³/mol. The zero-order valence-electron chi connectivity index (χ0n) is 16.1. The Hall–Kier alpha value is -2.35. The molecule has 29 heavy (non-hydrogen) atoms. The quantitative estimate of drug-likeness (QED) is 0.470. The van der Waals surface area contributed by atoms with Gasteiger partial charge in [0, 0.05) is 24.0 Å². The molecule has 154 valence electrons. The van der Waals surface area contributed by atoms with Crippen molar-refractivity contribution in [1.82, 2.24) is 10.3 Å². The molecule has 1 unspecified atom stereocenters. The van der Waals surface area contributed by atoms with Gasteiger partial charge in [0.1, 0.15) is 23.7 Å². The molecule has 2 atom stereocenters. The van der Waals surface area contributed by atoms with Crippen molar-refractivity contribution in [3.05, 3.63) is 59.4 Å². The molecule has 5 N–H and O–H groups in total. The fraction of sp³-hybridized carbons (Fsp3) is 0.364. The molecule has 4 rings (SSSR count). The lowest BCUT2D eigenvalue weighted by Gasteiger charge is -2.37. The van der Waals surface area contributed by atoms with E-state index in [1.54, 1.807) is 19.1 Å². The number of fused-ring (bicyclic) bond motifs is 1. The summed E-state index contributed by atoms with van der Waals surface area (Å²) in [5.74, 6) is -1.18. The fourth-order valence-corrected chi connectivity index (χ4v) is 4.12. The maximum atomic E-state index is 14.4. The molecule has 7 heteroatoms. The number of H-pyrrole nitrogens is 1. The normalized spacial score (nSPS) is 21.2. The first-order valence-corrected chi connectivity index (χ1v) is 9.77. The van der Waals surface area contributed by atoms with Crippen molar-refractivity contribution in [1.29, 1.82) is 0 Å². The molecule has 0 aliphatic heterocycles. The Labute approximate surface area is 166 Å². The zero-order valence-corrected chi connectivity index (χ0v) is 16.1. The number of benzene rings is 2. The number of aliphatic hydroxyl groups is 1. The van der Waals surface area contributed by atoms with Crippen LogP contribution in [0, 0.1) is 23.4 Å². The second-order valence-electron chi connectivity index (χ2n) is 7.98. The maximum Gasteiger partial charge on any atom is 0.150 e. The third-order valence-electron chi connectivity index (χ3n) is 5.76. The van der Waals surface area contributed by atoms with Gasteiger partial charge in [0.15, 0.2) is 0 Å². The standard InChI is InChI=1S/C22H24F3N3O/c1-11(26)22(29)27-10-12-6-14(7-12)19-17-8-16(24)9-18(25)21(17)28-20(19)13-2-4-15(23)5-3-13/h2-5,8-9,11-12,14,22,27-29H,6-7,10,26H2,1H3/t11-,12-,14-,22?/m1/s1. The second kappa shape index (κ2) is 7.82. The molecule has 0 radical (unpaired) electrons. The van der Waals surface area contributed by atoms with Gasteiger partial charge in [-0.2, -0.15) is 0 Å². The predicted octanol–water partition coefficient (Wildman–Crippen LogP) is 4.00. The topological polar surface area (TPSA) is 74.1 Å². The molecule has 0 spiro atoms. The van der Waals surface area contributed by atoms with Gasteiger partial charge in [-0.1, -0.05) is 0 Å². The molecule has 0 bridgehead atoms. The number of hydrogen-bond donors (Lipinski definition) is 4. The van der Waals surface area contributed by atoms with Crippen molar-refractivity contribution in [2.24, 2.45) is 11.7 Å². The minimum absolute atomic E-state index is 0.115. The van der Waals surface area contributed by atoms with Crippen LogP contribution in [0.1, 0.15) is 31.2 Å². The smallest absolute Gasteiger partial charge is 0.150 e. The molecule has 1 aliphatic carbocycles. The van der Waals surface area contributed by atoms with Crippen molar-refractivity contribution < 1.29 is 18.3 Å². The number of nitrogens with two attached hydrogens (primary N) is 1. The first-order chi connectivity index (χ1) is 13.8. The van der Waals surface area contributed by atoms with E-state index in [1.165, 1.54) is 18.2 Å². The van der Waals surface area contributed by atoms with Crippen LogP contribution in [0.25, 0.3) is 22.2 Å². The highest BCUT2D eigenvalue weighted by Crippen LogP contribution is 2.48. The molecule has 1 fully saturated rings. The number of halogens is 3. The summed E-state index contributed by atoms with van der Waals surface area (Å²) in [4.78, 5) is 3.09. The molecular weight excluding hydrogens is 379 g/mol. The molecule has 0 saturated heterocycles. The molecule has 1 aliphatic rings. The molecule has 0 amide bonds. The zero-order chi connectivity index (χ0) is 20.7. The van der Waals surface area contributed by atoms with E-state index in [-0.39, 0.29) is 23.3 Å². The van der Waals surface area contributed by atoms with Crippen molar-refractivity contribution in [3.8, 4) is 11.3 Å². The Morgan fingerprint density at radius 3 is 2.48 bits per heavy atom. The third-order valence-corrected chi connectivity index (χ3v) is 5.76. The molecule has 1 aromatic heterocycles. The van der Waals surface area contributed by atoms with E-state index in [1.807, 2.05) is 0 Å². The van der Waals surface area contributed by atoms with E-state index >= 15 is 0 Å². The summed E-state index contributed by atoms with van der Waals surface area (Å²) >= 11 is 0. The fourth-order valence-electron chi connectivity index (χ4n) is 4.12. The Morgan fingerprint density at radius 1 is 1.14 bits per heavy atom.